The Kier molecular flexibility index (Phi) is 9.82. The van der Waals surface area contributed by atoms with E-state index in [1.165, 1.54) is 20.0 Å². The van der Waals surface area contributed by atoms with E-state index in [0.717, 1.165) is 12.5 Å². The Morgan fingerprint density at radius 3 is 1.88 bits per heavy atom. The fourth-order valence-electron chi connectivity index (χ4n) is 1.30. The molecule has 3 heteroatoms. The Morgan fingerprint density at radius 1 is 1.31 bits per heavy atom. The average Bonchev–Trinajstić information content (AvgIpc) is 2.01. The second-order valence-electron chi connectivity index (χ2n) is 5.27. The number of hydrogen-bond acceptors (Lipinski definition) is 2. The SMILES string of the molecule is [CH2-]CC(C)=O.[CH2-]CN1CC(C(C)(C)C)C1.[W+2]. The van der Waals surface area contributed by atoms with E-state index in [4.69, 9.17) is 0 Å². The molecule has 1 aliphatic heterocycles. The van der Waals surface area contributed by atoms with Crippen LogP contribution in [0.4, 0.5) is 0 Å². The molecule has 0 atom stereocenters. The fraction of sp³-hybridized carbons (Fsp3) is 0.769. The van der Waals surface area contributed by atoms with Gasteiger partial charge in [0.15, 0.2) is 0 Å². The van der Waals surface area contributed by atoms with Crippen molar-refractivity contribution in [3.05, 3.63) is 13.8 Å². The molecule has 0 spiro atoms. The van der Waals surface area contributed by atoms with Gasteiger partial charge in [0.1, 0.15) is 0 Å². The third-order valence-corrected chi connectivity index (χ3v) is 2.85. The van der Waals surface area contributed by atoms with E-state index >= 15 is 0 Å². The molecule has 1 aliphatic rings. The molecule has 1 rings (SSSR count). The molecular formula is C13H25NOW. The summed E-state index contributed by atoms with van der Waals surface area (Å²) in [5.74, 6) is 1.04. The van der Waals surface area contributed by atoms with Gasteiger partial charge in [-0.3, -0.25) is 0 Å². The van der Waals surface area contributed by atoms with Crippen LogP contribution in [0, 0.1) is 25.2 Å². The number of carbonyl (C=O) groups excluding carboxylic acids is 1. The van der Waals surface area contributed by atoms with Crippen molar-refractivity contribution in [2.24, 2.45) is 11.3 Å². The van der Waals surface area contributed by atoms with E-state index in [0.29, 0.717) is 11.8 Å². The maximum Gasteiger partial charge on any atom is 2.00 e. The number of ketones is 1. The molecule has 2 nitrogen and oxygen atoms in total. The zero-order chi connectivity index (χ0) is 12.1. The van der Waals surface area contributed by atoms with Gasteiger partial charge in [-0.2, -0.15) is 0 Å². The summed E-state index contributed by atoms with van der Waals surface area (Å²) in [5.41, 5.74) is 0.506. The molecule has 0 unspecified atom stereocenters. The molecule has 0 amide bonds. The summed E-state index contributed by atoms with van der Waals surface area (Å²) in [6, 6.07) is 0. The number of rotatable bonds is 2. The number of carbonyl (C=O) groups is 1. The number of Topliss-reactive ketones (excluding diaryl/α,β-unsaturated/α-hetero) is 1. The van der Waals surface area contributed by atoms with E-state index in [9.17, 15) is 4.79 Å². The minimum Gasteiger partial charge on any atom is -0.336 e. The van der Waals surface area contributed by atoms with E-state index in [2.05, 4.69) is 39.5 Å². The predicted octanol–water partition coefficient (Wildman–Crippen LogP) is 2.60. The Hall–Kier alpha value is 0.318. The van der Waals surface area contributed by atoms with Crippen LogP contribution in [0.15, 0.2) is 0 Å². The normalized spacial score (nSPS) is 16.6. The first-order chi connectivity index (χ1) is 6.81. The molecule has 1 saturated heterocycles. The number of likely N-dealkylation sites (tertiary alicyclic amines) is 1. The van der Waals surface area contributed by atoms with Crippen molar-refractivity contribution in [2.75, 3.05) is 19.6 Å². The fourth-order valence-corrected chi connectivity index (χ4v) is 1.30. The summed E-state index contributed by atoms with van der Waals surface area (Å²) in [5, 5.41) is 0. The van der Waals surface area contributed by atoms with Gasteiger partial charge < -0.3 is 23.5 Å². The Bertz CT molecular complexity index is 193. The standard InChI is InChI=1S/C9H18N.C4H7O.W/c1-5-10-6-8(7-10)9(2,3)4;1-3-4(2)5;/h8H,1,5-7H2,2-4H3;1,3H2,2H3;/q2*-1;+2. The van der Waals surface area contributed by atoms with Crippen LogP contribution in [-0.2, 0) is 25.9 Å². The van der Waals surface area contributed by atoms with Crippen LogP contribution in [0.1, 0.15) is 34.1 Å². The number of hydrogen-bond donors (Lipinski definition) is 0. The molecule has 1 heterocycles. The monoisotopic (exact) mass is 395 g/mol. The summed E-state index contributed by atoms with van der Waals surface area (Å²) in [6.07, 6.45) is 0.417. The predicted molar refractivity (Wildman–Crippen MR) is 65.4 cm³/mol. The zero-order valence-corrected chi connectivity index (χ0v) is 14.0. The van der Waals surface area contributed by atoms with Gasteiger partial charge >= 0.3 is 21.1 Å². The van der Waals surface area contributed by atoms with Crippen LogP contribution in [0.2, 0.25) is 0 Å². The van der Waals surface area contributed by atoms with Crippen molar-refractivity contribution in [3.8, 4) is 0 Å². The molecular weight excluding hydrogens is 370 g/mol. The second kappa shape index (κ2) is 8.42. The number of nitrogens with zero attached hydrogens (tertiary/aromatic N) is 1. The van der Waals surface area contributed by atoms with Crippen LogP contribution < -0.4 is 0 Å². The van der Waals surface area contributed by atoms with Gasteiger partial charge in [0.2, 0.25) is 0 Å². The van der Waals surface area contributed by atoms with E-state index in [-0.39, 0.29) is 26.8 Å². The third kappa shape index (κ3) is 7.57. The largest absolute Gasteiger partial charge is 2.00 e. The van der Waals surface area contributed by atoms with Crippen LogP contribution in [-0.4, -0.2) is 30.3 Å². The maximum absolute atomic E-state index is 9.75. The Morgan fingerprint density at radius 2 is 1.69 bits per heavy atom. The van der Waals surface area contributed by atoms with Gasteiger partial charge in [0, 0.05) is 0 Å². The summed E-state index contributed by atoms with van der Waals surface area (Å²) >= 11 is 0. The van der Waals surface area contributed by atoms with Gasteiger partial charge in [-0.25, -0.2) is 0 Å². The first kappa shape index (κ1) is 18.7. The molecule has 0 bridgehead atoms. The molecule has 0 N–H and O–H groups in total. The summed E-state index contributed by atoms with van der Waals surface area (Å²) < 4.78 is 0. The van der Waals surface area contributed by atoms with Crippen molar-refractivity contribution < 1.29 is 25.9 Å². The zero-order valence-electron chi connectivity index (χ0n) is 11.1. The molecule has 0 radical (unpaired) electrons. The average molecular weight is 395 g/mol. The van der Waals surface area contributed by atoms with Crippen molar-refractivity contribution in [1.29, 1.82) is 0 Å². The van der Waals surface area contributed by atoms with Gasteiger partial charge in [-0.1, -0.05) is 20.8 Å². The van der Waals surface area contributed by atoms with Crippen LogP contribution in [0.25, 0.3) is 0 Å². The van der Waals surface area contributed by atoms with E-state index < -0.39 is 0 Å². The van der Waals surface area contributed by atoms with Gasteiger partial charge in [-0.15, -0.1) is 13.0 Å². The minimum atomic E-state index is 0. The van der Waals surface area contributed by atoms with Gasteiger partial charge in [-0.05, 0) is 31.3 Å². The molecule has 94 valence electrons. The maximum atomic E-state index is 9.75. The summed E-state index contributed by atoms with van der Waals surface area (Å²) in [4.78, 5) is 12.1. The van der Waals surface area contributed by atoms with Gasteiger partial charge in [0.25, 0.3) is 0 Å². The smallest absolute Gasteiger partial charge is 0.336 e. The molecule has 0 aromatic heterocycles. The van der Waals surface area contributed by atoms with Crippen molar-refractivity contribution >= 4 is 5.78 Å². The molecule has 0 saturated carbocycles. The topological polar surface area (TPSA) is 20.3 Å². The van der Waals surface area contributed by atoms with Crippen molar-refractivity contribution in [1.82, 2.24) is 4.90 Å². The van der Waals surface area contributed by atoms with Crippen LogP contribution in [0.5, 0.6) is 0 Å². The second-order valence-corrected chi connectivity index (χ2v) is 5.27. The molecule has 0 aromatic carbocycles. The van der Waals surface area contributed by atoms with Crippen LogP contribution >= 0.6 is 0 Å². The molecule has 0 aromatic rings. The first-order valence-electron chi connectivity index (χ1n) is 5.61. The Balaban J connectivity index is 0. The van der Waals surface area contributed by atoms with Crippen molar-refractivity contribution in [2.45, 2.75) is 34.1 Å². The summed E-state index contributed by atoms with van der Waals surface area (Å²) in [7, 11) is 0. The first-order valence-corrected chi connectivity index (χ1v) is 5.61. The minimum absolute atomic E-state index is 0. The third-order valence-electron chi connectivity index (χ3n) is 2.85. The van der Waals surface area contributed by atoms with E-state index in [1.807, 2.05) is 0 Å². The molecule has 0 aliphatic carbocycles. The van der Waals surface area contributed by atoms with E-state index in [1.54, 1.807) is 0 Å². The molecule has 16 heavy (non-hydrogen) atoms. The Labute approximate surface area is 115 Å². The summed E-state index contributed by atoms with van der Waals surface area (Å²) in [6.45, 7) is 19.2. The van der Waals surface area contributed by atoms with Crippen LogP contribution in [0.3, 0.4) is 0 Å². The quantitative estimate of drug-likeness (QED) is 0.671. The molecule has 1 fully saturated rings. The van der Waals surface area contributed by atoms with Gasteiger partial charge in [0.05, 0.1) is 5.78 Å². The van der Waals surface area contributed by atoms with Crippen molar-refractivity contribution in [3.63, 3.8) is 0 Å².